The molecule has 178 valence electrons. The van der Waals surface area contributed by atoms with Crippen molar-refractivity contribution in [3.8, 4) is 16.8 Å². The number of benzene rings is 1. The van der Waals surface area contributed by atoms with Crippen LogP contribution in [0.15, 0.2) is 42.9 Å². The Morgan fingerprint density at radius 2 is 2.06 bits per heavy atom. The van der Waals surface area contributed by atoms with E-state index in [0.717, 1.165) is 23.4 Å². The molecular formula is C22H27N9O3. The maximum atomic E-state index is 8.78. The number of primary amides is 1. The molecule has 34 heavy (non-hydrogen) atoms. The summed E-state index contributed by atoms with van der Waals surface area (Å²) in [5.74, 6) is 0.633. The van der Waals surface area contributed by atoms with Crippen LogP contribution in [0.4, 0.5) is 10.7 Å². The van der Waals surface area contributed by atoms with Crippen molar-refractivity contribution in [3.05, 3.63) is 42.9 Å². The molecule has 0 radical (unpaired) electrons. The van der Waals surface area contributed by atoms with Crippen LogP contribution in [0.2, 0.25) is 0 Å². The topological polar surface area (TPSA) is 159 Å². The van der Waals surface area contributed by atoms with Gasteiger partial charge >= 0.3 is 6.09 Å². The monoisotopic (exact) mass is 465 g/mol. The van der Waals surface area contributed by atoms with Gasteiger partial charge in [-0.05, 0) is 30.5 Å². The number of fused-ring (bicyclic) bond motifs is 1. The van der Waals surface area contributed by atoms with E-state index in [4.69, 9.17) is 19.6 Å². The third kappa shape index (κ3) is 5.64. The molecular weight excluding hydrogens is 438 g/mol. The predicted molar refractivity (Wildman–Crippen MR) is 126 cm³/mol. The number of anilines is 1. The van der Waals surface area contributed by atoms with Crippen LogP contribution >= 0.6 is 0 Å². The van der Waals surface area contributed by atoms with Crippen molar-refractivity contribution in [2.75, 3.05) is 19.0 Å². The van der Waals surface area contributed by atoms with Crippen molar-refractivity contribution in [2.24, 2.45) is 5.73 Å². The minimum atomic E-state index is -1.33. The van der Waals surface area contributed by atoms with Crippen LogP contribution in [0, 0.1) is 0 Å². The van der Waals surface area contributed by atoms with E-state index in [0.29, 0.717) is 29.8 Å². The van der Waals surface area contributed by atoms with E-state index in [1.807, 2.05) is 29.2 Å². The summed E-state index contributed by atoms with van der Waals surface area (Å²) < 4.78 is 8.76. The summed E-state index contributed by atoms with van der Waals surface area (Å²) in [7, 11) is 1.69. The van der Waals surface area contributed by atoms with E-state index in [1.165, 1.54) is 25.7 Å². The third-order valence-electron chi connectivity index (χ3n) is 5.46. The van der Waals surface area contributed by atoms with Gasteiger partial charge in [0.2, 0.25) is 5.95 Å². The smallest absolute Gasteiger partial charge is 0.402 e. The maximum Gasteiger partial charge on any atom is 0.402 e. The number of nitrogens with one attached hydrogen (secondary N) is 1. The fourth-order valence-corrected chi connectivity index (χ4v) is 3.86. The Bertz CT molecular complexity index is 1240. The van der Waals surface area contributed by atoms with Gasteiger partial charge < -0.3 is 20.9 Å². The number of nitrogens with two attached hydrogens (primary N) is 1. The molecule has 12 heteroatoms. The quantitative estimate of drug-likeness (QED) is 0.373. The van der Waals surface area contributed by atoms with Crippen LogP contribution in [-0.4, -0.2) is 65.7 Å². The van der Waals surface area contributed by atoms with E-state index in [9.17, 15) is 0 Å². The highest BCUT2D eigenvalue weighted by Crippen LogP contribution is 2.24. The molecule has 1 amide bonds. The summed E-state index contributed by atoms with van der Waals surface area (Å²) >= 11 is 0. The standard InChI is InChI=1S/C21H24N8O.CH3NO2/c1-30-10-9-28-14-16(12-23-28)15-5-4-8-18(11-15)29-20-19(26-27-29)13-22-21(25-20)24-17-6-2-3-7-17;2-1(3)4/h4-5,8,11-14,17H,2-3,6-7,9-10H2,1H3,(H,22,24,25);2H2,(H,3,4). The summed E-state index contributed by atoms with van der Waals surface area (Å²) in [6, 6.07) is 8.58. The lowest BCUT2D eigenvalue weighted by molar-refractivity contribution is 0.183. The molecule has 1 saturated carbocycles. The minimum absolute atomic E-state index is 0.449. The van der Waals surface area contributed by atoms with Crippen molar-refractivity contribution in [2.45, 2.75) is 38.3 Å². The Morgan fingerprint density at radius 1 is 1.26 bits per heavy atom. The van der Waals surface area contributed by atoms with Crippen LogP contribution in [0.25, 0.3) is 28.0 Å². The number of nitrogens with zero attached hydrogens (tertiary/aromatic N) is 7. The average molecular weight is 466 g/mol. The number of hydrogen-bond donors (Lipinski definition) is 3. The molecule has 0 saturated heterocycles. The molecule has 3 aromatic heterocycles. The van der Waals surface area contributed by atoms with Crippen LogP contribution < -0.4 is 11.1 Å². The molecule has 1 fully saturated rings. The Morgan fingerprint density at radius 3 is 2.82 bits per heavy atom. The number of aromatic nitrogens is 7. The van der Waals surface area contributed by atoms with Crippen molar-refractivity contribution < 1.29 is 14.6 Å². The van der Waals surface area contributed by atoms with Crippen LogP contribution in [0.3, 0.4) is 0 Å². The third-order valence-corrected chi connectivity index (χ3v) is 5.46. The molecule has 0 atom stereocenters. The molecule has 1 aliphatic rings. The van der Waals surface area contributed by atoms with E-state index < -0.39 is 6.09 Å². The van der Waals surface area contributed by atoms with Crippen LogP contribution in [0.5, 0.6) is 0 Å². The molecule has 1 aliphatic carbocycles. The largest absolute Gasteiger partial charge is 0.465 e. The Kier molecular flexibility index (Phi) is 7.28. The second-order valence-electron chi connectivity index (χ2n) is 7.90. The lowest BCUT2D eigenvalue weighted by Gasteiger charge is -2.11. The first kappa shape index (κ1) is 23.1. The van der Waals surface area contributed by atoms with Gasteiger partial charge in [-0.3, -0.25) is 4.68 Å². The van der Waals surface area contributed by atoms with E-state index in [1.54, 1.807) is 18.0 Å². The first-order valence-corrected chi connectivity index (χ1v) is 11.0. The lowest BCUT2D eigenvalue weighted by atomic mass is 10.1. The molecule has 1 aromatic carbocycles. The molecule has 12 nitrogen and oxygen atoms in total. The Labute approximate surface area is 195 Å². The number of carboxylic acid groups (broad SMARTS) is 1. The zero-order valence-electron chi connectivity index (χ0n) is 18.8. The lowest BCUT2D eigenvalue weighted by Crippen LogP contribution is -2.16. The van der Waals surface area contributed by atoms with Crippen molar-refractivity contribution >= 4 is 23.2 Å². The number of rotatable bonds is 7. The van der Waals surface area contributed by atoms with Gasteiger partial charge in [-0.25, -0.2) is 9.78 Å². The molecule has 0 unspecified atom stereocenters. The summed E-state index contributed by atoms with van der Waals surface area (Å²) in [4.78, 5) is 17.9. The highest BCUT2D eigenvalue weighted by atomic mass is 16.5. The zero-order valence-corrected chi connectivity index (χ0v) is 18.8. The fraction of sp³-hybridized carbons (Fsp3) is 0.364. The summed E-state index contributed by atoms with van der Waals surface area (Å²) in [6.07, 6.45) is 9.12. The SMILES string of the molecule is COCCn1cc(-c2cccc(-n3nnc4cnc(NC5CCCC5)nc43)c2)cn1.NC(=O)O. The minimum Gasteiger partial charge on any atom is -0.465 e. The van der Waals surface area contributed by atoms with Gasteiger partial charge in [-0.1, -0.05) is 30.2 Å². The van der Waals surface area contributed by atoms with Gasteiger partial charge in [-0.2, -0.15) is 14.8 Å². The first-order valence-electron chi connectivity index (χ1n) is 11.0. The van der Waals surface area contributed by atoms with E-state index in [2.05, 4.69) is 43.6 Å². The number of methoxy groups -OCH3 is 1. The second-order valence-corrected chi connectivity index (χ2v) is 7.90. The van der Waals surface area contributed by atoms with Gasteiger partial charge in [-0.15, -0.1) is 5.10 Å². The first-order chi connectivity index (χ1) is 16.5. The molecule has 4 N–H and O–H groups in total. The van der Waals surface area contributed by atoms with Gasteiger partial charge in [0, 0.05) is 24.9 Å². The van der Waals surface area contributed by atoms with Crippen molar-refractivity contribution in [3.63, 3.8) is 0 Å². The molecule has 0 aliphatic heterocycles. The fourth-order valence-electron chi connectivity index (χ4n) is 3.86. The van der Waals surface area contributed by atoms with Crippen LogP contribution in [-0.2, 0) is 11.3 Å². The van der Waals surface area contributed by atoms with E-state index in [-0.39, 0.29) is 0 Å². The number of ether oxygens (including phenoxy) is 1. The molecule has 5 rings (SSSR count). The van der Waals surface area contributed by atoms with Gasteiger partial charge in [0.1, 0.15) is 0 Å². The number of amides is 1. The summed E-state index contributed by atoms with van der Waals surface area (Å²) in [5, 5.41) is 23.6. The van der Waals surface area contributed by atoms with Crippen molar-refractivity contribution in [1.29, 1.82) is 0 Å². The molecule has 0 spiro atoms. The highest BCUT2D eigenvalue weighted by molar-refractivity contribution is 5.73. The second kappa shape index (κ2) is 10.7. The Balaban J connectivity index is 0.000000636. The number of hydrogen-bond acceptors (Lipinski definition) is 8. The molecule has 3 heterocycles. The molecule has 0 bridgehead atoms. The maximum absolute atomic E-state index is 8.78. The average Bonchev–Trinajstić information content (AvgIpc) is 3.58. The summed E-state index contributed by atoms with van der Waals surface area (Å²) in [6.45, 7) is 1.35. The van der Waals surface area contributed by atoms with Gasteiger partial charge in [0.25, 0.3) is 0 Å². The Hall–Kier alpha value is -4.06. The van der Waals surface area contributed by atoms with Gasteiger partial charge in [0.05, 0.1) is 31.2 Å². The van der Waals surface area contributed by atoms with Crippen LogP contribution in [0.1, 0.15) is 25.7 Å². The van der Waals surface area contributed by atoms with E-state index >= 15 is 0 Å². The normalized spacial score (nSPS) is 13.6. The highest BCUT2D eigenvalue weighted by Gasteiger charge is 2.17. The number of carbonyl (C=O) groups is 1. The van der Waals surface area contributed by atoms with Crippen molar-refractivity contribution in [1.82, 2.24) is 34.7 Å². The predicted octanol–water partition coefficient (Wildman–Crippen LogP) is 2.70. The van der Waals surface area contributed by atoms with Gasteiger partial charge in [0.15, 0.2) is 11.2 Å². The molecule has 4 aromatic rings. The summed E-state index contributed by atoms with van der Waals surface area (Å²) in [5.41, 5.74) is 8.38. The zero-order chi connectivity index (χ0) is 23.9.